The lowest BCUT2D eigenvalue weighted by Gasteiger charge is -2.16. The molecule has 6 nitrogen and oxygen atoms in total. The van der Waals surface area contributed by atoms with Crippen LogP contribution in [0.25, 0.3) is 5.65 Å². The average molecular weight is 415 g/mol. The van der Waals surface area contributed by atoms with Gasteiger partial charge in [-0.2, -0.15) is 0 Å². The molecule has 0 aliphatic heterocycles. The van der Waals surface area contributed by atoms with Crippen LogP contribution in [0.15, 0.2) is 47.2 Å². The molecule has 7 heteroatoms. The number of benzene rings is 1. The highest BCUT2D eigenvalue weighted by atomic mass is 79.9. The van der Waals surface area contributed by atoms with Gasteiger partial charge in [0, 0.05) is 29.6 Å². The minimum atomic E-state index is -0.297. The number of aryl methyl sites for hydroxylation is 2. The number of anilines is 1. The summed E-state index contributed by atoms with van der Waals surface area (Å²) in [6, 6.07) is 9.45. The summed E-state index contributed by atoms with van der Waals surface area (Å²) in [6.45, 7) is 3.83. The summed E-state index contributed by atoms with van der Waals surface area (Å²) >= 11 is 3.39. The Morgan fingerprint density at radius 1 is 1.23 bits per heavy atom. The molecule has 0 spiro atoms. The summed E-state index contributed by atoms with van der Waals surface area (Å²) in [5.74, 6) is -0.556. The van der Waals surface area contributed by atoms with Gasteiger partial charge in [0.25, 0.3) is 5.91 Å². The Bertz CT molecular complexity index is 996. The largest absolute Gasteiger partial charge is 0.331 e. The Labute approximate surface area is 160 Å². The lowest BCUT2D eigenvalue weighted by atomic mass is 10.2. The number of amides is 2. The summed E-state index contributed by atoms with van der Waals surface area (Å²) in [5, 5.41) is 2.83. The van der Waals surface area contributed by atoms with Gasteiger partial charge in [0.2, 0.25) is 5.91 Å². The molecule has 0 aliphatic rings. The van der Waals surface area contributed by atoms with Crippen molar-refractivity contribution in [1.29, 1.82) is 0 Å². The molecular formula is C19H19BrN4O2. The number of rotatable bonds is 4. The minimum Gasteiger partial charge on any atom is -0.331 e. The van der Waals surface area contributed by atoms with Gasteiger partial charge in [-0.1, -0.05) is 15.9 Å². The summed E-state index contributed by atoms with van der Waals surface area (Å²) in [7, 11) is 1.59. The Balaban J connectivity index is 1.68. The number of pyridine rings is 1. The molecule has 26 heavy (non-hydrogen) atoms. The highest BCUT2D eigenvalue weighted by Gasteiger charge is 2.18. The lowest BCUT2D eigenvalue weighted by Crippen LogP contribution is -2.35. The quantitative estimate of drug-likeness (QED) is 0.710. The van der Waals surface area contributed by atoms with Crippen LogP contribution in [-0.4, -0.2) is 39.7 Å². The molecule has 0 aliphatic carbocycles. The van der Waals surface area contributed by atoms with Crippen LogP contribution in [0.2, 0.25) is 0 Å². The molecule has 3 aromatic rings. The van der Waals surface area contributed by atoms with E-state index in [0.717, 1.165) is 21.3 Å². The number of hydrogen-bond donors (Lipinski definition) is 1. The first kappa shape index (κ1) is 18.1. The van der Waals surface area contributed by atoms with Gasteiger partial charge in [-0.3, -0.25) is 9.59 Å². The molecule has 134 valence electrons. The monoisotopic (exact) mass is 414 g/mol. The van der Waals surface area contributed by atoms with Gasteiger partial charge in [-0.25, -0.2) is 4.98 Å². The van der Waals surface area contributed by atoms with Gasteiger partial charge >= 0.3 is 0 Å². The Hall–Kier alpha value is -2.67. The van der Waals surface area contributed by atoms with Crippen LogP contribution in [0.4, 0.5) is 5.69 Å². The molecule has 0 radical (unpaired) electrons. The van der Waals surface area contributed by atoms with E-state index in [9.17, 15) is 9.59 Å². The Kier molecular flexibility index (Phi) is 5.08. The van der Waals surface area contributed by atoms with E-state index in [-0.39, 0.29) is 18.4 Å². The summed E-state index contributed by atoms with van der Waals surface area (Å²) in [6.07, 6.45) is 3.53. The van der Waals surface area contributed by atoms with E-state index in [1.165, 1.54) is 4.90 Å². The second-order valence-corrected chi connectivity index (χ2v) is 7.18. The van der Waals surface area contributed by atoms with Gasteiger partial charge in [0.05, 0.1) is 6.54 Å². The molecule has 0 saturated heterocycles. The van der Waals surface area contributed by atoms with Crippen LogP contribution in [0.1, 0.15) is 21.6 Å². The van der Waals surface area contributed by atoms with Crippen LogP contribution in [-0.2, 0) is 4.79 Å². The van der Waals surface area contributed by atoms with Crippen molar-refractivity contribution in [3.8, 4) is 0 Å². The van der Waals surface area contributed by atoms with Crippen LogP contribution in [0.5, 0.6) is 0 Å². The Morgan fingerprint density at radius 2 is 2.00 bits per heavy atom. The van der Waals surface area contributed by atoms with Crippen LogP contribution >= 0.6 is 15.9 Å². The average Bonchev–Trinajstić information content (AvgIpc) is 2.99. The van der Waals surface area contributed by atoms with Crippen molar-refractivity contribution in [1.82, 2.24) is 14.3 Å². The maximum absolute atomic E-state index is 12.6. The third-order valence-corrected chi connectivity index (χ3v) is 4.52. The zero-order valence-electron chi connectivity index (χ0n) is 14.8. The number of carbonyl (C=O) groups excluding carboxylic acids is 2. The third kappa shape index (κ3) is 3.94. The number of hydrogen-bond acceptors (Lipinski definition) is 3. The smallest absolute Gasteiger partial charge is 0.274 e. The van der Waals surface area contributed by atoms with Crippen molar-refractivity contribution in [3.63, 3.8) is 0 Å². The molecule has 0 bridgehead atoms. The molecule has 0 atom stereocenters. The number of likely N-dealkylation sites (N-methyl/N-ethyl adjacent to an activating group) is 1. The number of fused-ring (bicyclic) bond motifs is 1. The zero-order chi connectivity index (χ0) is 18.8. The fourth-order valence-corrected chi connectivity index (χ4v) is 3.10. The lowest BCUT2D eigenvalue weighted by molar-refractivity contribution is -0.116. The molecule has 2 aromatic heterocycles. The van der Waals surface area contributed by atoms with Gasteiger partial charge in [0.1, 0.15) is 11.3 Å². The summed E-state index contributed by atoms with van der Waals surface area (Å²) < 4.78 is 2.74. The predicted molar refractivity (Wildman–Crippen MR) is 104 cm³/mol. The highest BCUT2D eigenvalue weighted by Crippen LogP contribution is 2.20. The standard InChI is InChI=1S/C19H19BrN4O2/c1-12-6-7-24-10-16(21-17(24)8-12)19(26)23(3)11-18(25)22-15-5-4-14(20)9-13(15)2/h4-10H,11H2,1-3H3,(H,22,25). The van der Waals surface area contributed by atoms with Gasteiger partial charge in [0.15, 0.2) is 0 Å². The van der Waals surface area contributed by atoms with E-state index in [1.54, 1.807) is 17.6 Å². The highest BCUT2D eigenvalue weighted by molar-refractivity contribution is 9.10. The third-order valence-electron chi connectivity index (χ3n) is 4.02. The zero-order valence-corrected chi connectivity index (χ0v) is 16.4. The first-order chi connectivity index (χ1) is 12.3. The van der Waals surface area contributed by atoms with Gasteiger partial charge in [-0.05, 0) is 55.3 Å². The van der Waals surface area contributed by atoms with E-state index in [0.29, 0.717) is 11.3 Å². The van der Waals surface area contributed by atoms with Crippen LogP contribution in [0, 0.1) is 13.8 Å². The van der Waals surface area contributed by atoms with Crippen LogP contribution < -0.4 is 5.32 Å². The molecule has 2 amide bonds. The molecule has 1 N–H and O–H groups in total. The number of halogens is 1. The number of nitrogens with zero attached hydrogens (tertiary/aromatic N) is 3. The maximum Gasteiger partial charge on any atom is 0.274 e. The number of aromatic nitrogens is 2. The second-order valence-electron chi connectivity index (χ2n) is 6.26. The van der Waals surface area contributed by atoms with Crippen molar-refractivity contribution in [2.45, 2.75) is 13.8 Å². The number of carbonyl (C=O) groups is 2. The fraction of sp³-hybridized carbons (Fsp3) is 0.211. The SMILES string of the molecule is Cc1ccn2cc(C(=O)N(C)CC(=O)Nc3ccc(Br)cc3C)nc2c1. The van der Waals surface area contributed by atoms with E-state index in [1.807, 2.05) is 50.4 Å². The maximum atomic E-state index is 12.6. The van der Waals surface area contributed by atoms with E-state index < -0.39 is 0 Å². The van der Waals surface area contributed by atoms with Crippen molar-refractivity contribution in [2.75, 3.05) is 18.9 Å². The van der Waals surface area contributed by atoms with Gasteiger partial charge in [-0.15, -0.1) is 0 Å². The topological polar surface area (TPSA) is 66.7 Å². The first-order valence-electron chi connectivity index (χ1n) is 8.10. The molecule has 0 saturated carbocycles. The molecule has 2 heterocycles. The minimum absolute atomic E-state index is 0.0543. The molecule has 0 fully saturated rings. The van der Waals surface area contributed by atoms with E-state index in [2.05, 4.69) is 26.2 Å². The molecule has 0 unspecified atom stereocenters. The normalized spacial score (nSPS) is 10.8. The fourth-order valence-electron chi connectivity index (χ4n) is 2.63. The Morgan fingerprint density at radius 3 is 2.73 bits per heavy atom. The molecule has 1 aromatic carbocycles. The first-order valence-corrected chi connectivity index (χ1v) is 8.89. The molecule has 3 rings (SSSR count). The van der Waals surface area contributed by atoms with Crippen molar-refractivity contribution in [2.24, 2.45) is 0 Å². The number of imidazole rings is 1. The summed E-state index contributed by atoms with van der Waals surface area (Å²) in [4.78, 5) is 30.5. The molecular weight excluding hydrogens is 396 g/mol. The van der Waals surface area contributed by atoms with E-state index in [4.69, 9.17) is 0 Å². The van der Waals surface area contributed by atoms with Crippen molar-refractivity contribution in [3.05, 3.63) is 64.0 Å². The van der Waals surface area contributed by atoms with Crippen molar-refractivity contribution < 1.29 is 9.59 Å². The van der Waals surface area contributed by atoms with Crippen LogP contribution in [0.3, 0.4) is 0 Å². The predicted octanol–water partition coefficient (Wildman–Crippen LogP) is 3.42. The number of nitrogens with one attached hydrogen (secondary N) is 1. The van der Waals surface area contributed by atoms with E-state index >= 15 is 0 Å². The van der Waals surface area contributed by atoms with Gasteiger partial charge < -0.3 is 14.6 Å². The second kappa shape index (κ2) is 7.29. The summed E-state index contributed by atoms with van der Waals surface area (Å²) in [5.41, 5.74) is 3.75. The van der Waals surface area contributed by atoms with Crippen molar-refractivity contribution >= 4 is 39.1 Å².